The molecule has 0 atom stereocenters. The minimum atomic E-state index is -0.00395. The Labute approximate surface area is 164 Å². The van der Waals surface area contributed by atoms with Gasteiger partial charge in [0.2, 0.25) is 5.91 Å². The average Bonchev–Trinajstić information content (AvgIpc) is 3.08. The number of benzene rings is 2. The third-order valence-electron chi connectivity index (χ3n) is 5.20. The average molecular weight is 382 g/mol. The van der Waals surface area contributed by atoms with E-state index in [0.29, 0.717) is 17.9 Å². The monoisotopic (exact) mass is 382 g/mol. The number of anilines is 1. The fourth-order valence-corrected chi connectivity index (χ4v) is 3.68. The van der Waals surface area contributed by atoms with Crippen LogP contribution in [0.2, 0.25) is 0 Å². The number of nitrogens with one attached hydrogen (secondary N) is 1. The topological polar surface area (TPSA) is 63.9 Å². The summed E-state index contributed by atoms with van der Waals surface area (Å²) < 4.78 is 16.8. The first-order valence-electron chi connectivity index (χ1n) is 9.84. The molecule has 1 saturated heterocycles. The van der Waals surface area contributed by atoms with Crippen LogP contribution in [0.5, 0.6) is 5.75 Å². The zero-order valence-electron chi connectivity index (χ0n) is 16.2. The Kier molecular flexibility index (Phi) is 5.78. The second-order valence-corrected chi connectivity index (χ2v) is 7.11. The van der Waals surface area contributed by atoms with Crippen molar-refractivity contribution >= 4 is 33.5 Å². The number of carbonyl (C=O) groups excluding carboxylic acids is 1. The second kappa shape index (κ2) is 8.63. The van der Waals surface area contributed by atoms with E-state index >= 15 is 0 Å². The minimum Gasteiger partial charge on any atom is -0.495 e. The molecular weight excluding hydrogens is 356 g/mol. The Morgan fingerprint density at radius 2 is 1.93 bits per heavy atom. The van der Waals surface area contributed by atoms with Crippen LogP contribution in [0, 0.1) is 0 Å². The molecule has 1 amide bonds. The van der Waals surface area contributed by atoms with Gasteiger partial charge in [-0.25, -0.2) is 0 Å². The number of carbonyl (C=O) groups is 1. The summed E-state index contributed by atoms with van der Waals surface area (Å²) in [4.78, 5) is 14.8. The SMILES string of the molecule is COc1cc2c(cc1NC(=O)CCCCN1CCOCC1)oc1ccccc12. The molecule has 0 radical (unpaired) electrons. The largest absolute Gasteiger partial charge is 0.495 e. The Morgan fingerprint density at radius 1 is 1.11 bits per heavy atom. The van der Waals surface area contributed by atoms with Crippen LogP contribution in [0.4, 0.5) is 5.69 Å². The van der Waals surface area contributed by atoms with Gasteiger partial charge >= 0.3 is 0 Å². The van der Waals surface area contributed by atoms with Crippen LogP contribution in [-0.2, 0) is 9.53 Å². The van der Waals surface area contributed by atoms with Crippen LogP contribution >= 0.6 is 0 Å². The maximum absolute atomic E-state index is 12.4. The summed E-state index contributed by atoms with van der Waals surface area (Å²) >= 11 is 0. The number of unbranched alkanes of at least 4 members (excludes halogenated alkanes) is 1. The van der Waals surface area contributed by atoms with Crippen molar-refractivity contribution < 1.29 is 18.7 Å². The van der Waals surface area contributed by atoms with Gasteiger partial charge in [0, 0.05) is 36.3 Å². The van der Waals surface area contributed by atoms with Gasteiger partial charge in [-0.3, -0.25) is 9.69 Å². The molecule has 1 aromatic heterocycles. The number of rotatable bonds is 7. The van der Waals surface area contributed by atoms with Crippen LogP contribution in [0.25, 0.3) is 21.9 Å². The molecule has 1 aliphatic heterocycles. The van der Waals surface area contributed by atoms with Crippen molar-refractivity contribution in [1.82, 2.24) is 4.90 Å². The molecule has 0 spiro atoms. The zero-order chi connectivity index (χ0) is 19.3. The molecular formula is C22H26N2O4. The summed E-state index contributed by atoms with van der Waals surface area (Å²) in [5.74, 6) is 0.636. The lowest BCUT2D eigenvalue weighted by atomic mass is 10.1. The number of para-hydroxylation sites is 1. The van der Waals surface area contributed by atoms with Crippen molar-refractivity contribution in [3.05, 3.63) is 36.4 Å². The van der Waals surface area contributed by atoms with E-state index in [1.807, 2.05) is 36.4 Å². The van der Waals surface area contributed by atoms with E-state index < -0.39 is 0 Å². The number of morpholine rings is 1. The van der Waals surface area contributed by atoms with Gasteiger partial charge in [0.05, 0.1) is 26.0 Å². The highest BCUT2D eigenvalue weighted by Gasteiger charge is 2.14. The summed E-state index contributed by atoms with van der Waals surface area (Å²) in [7, 11) is 1.61. The maximum Gasteiger partial charge on any atom is 0.224 e. The molecule has 1 aliphatic rings. The maximum atomic E-state index is 12.4. The van der Waals surface area contributed by atoms with E-state index in [0.717, 1.165) is 67.6 Å². The molecule has 6 nitrogen and oxygen atoms in total. The molecule has 1 fully saturated rings. The molecule has 3 aromatic rings. The van der Waals surface area contributed by atoms with E-state index in [2.05, 4.69) is 10.2 Å². The minimum absolute atomic E-state index is 0.00395. The van der Waals surface area contributed by atoms with Gasteiger partial charge in [-0.1, -0.05) is 18.2 Å². The first-order valence-corrected chi connectivity index (χ1v) is 9.84. The molecule has 0 saturated carbocycles. The van der Waals surface area contributed by atoms with Crippen molar-refractivity contribution in [3.63, 3.8) is 0 Å². The Morgan fingerprint density at radius 3 is 2.75 bits per heavy atom. The lowest BCUT2D eigenvalue weighted by Crippen LogP contribution is -2.36. The van der Waals surface area contributed by atoms with Gasteiger partial charge in [0.25, 0.3) is 0 Å². The Balaban J connectivity index is 1.39. The molecule has 2 heterocycles. The van der Waals surface area contributed by atoms with Crippen LogP contribution < -0.4 is 10.1 Å². The predicted octanol–water partition coefficient (Wildman–Crippen LogP) is 4.04. The van der Waals surface area contributed by atoms with Gasteiger partial charge in [-0.05, 0) is 31.5 Å². The van der Waals surface area contributed by atoms with Gasteiger partial charge < -0.3 is 19.2 Å². The van der Waals surface area contributed by atoms with E-state index in [-0.39, 0.29) is 5.91 Å². The first kappa shape index (κ1) is 18.8. The number of ether oxygens (including phenoxy) is 2. The van der Waals surface area contributed by atoms with Gasteiger partial charge in [0.15, 0.2) is 0 Å². The molecule has 148 valence electrons. The van der Waals surface area contributed by atoms with Crippen molar-refractivity contribution in [1.29, 1.82) is 0 Å². The number of hydrogen-bond acceptors (Lipinski definition) is 5. The third kappa shape index (κ3) is 4.13. The number of furan rings is 1. The van der Waals surface area contributed by atoms with Gasteiger partial charge in [-0.2, -0.15) is 0 Å². The van der Waals surface area contributed by atoms with E-state index in [4.69, 9.17) is 13.9 Å². The molecule has 4 rings (SSSR count). The van der Waals surface area contributed by atoms with Crippen molar-refractivity contribution in [2.45, 2.75) is 19.3 Å². The molecule has 2 aromatic carbocycles. The fraction of sp³-hybridized carbons (Fsp3) is 0.409. The molecule has 0 bridgehead atoms. The van der Waals surface area contributed by atoms with Crippen LogP contribution in [0.15, 0.2) is 40.8 Å². The summed E-state index contributed by atoms with van der Waals surface area (Å²) in [6.07, 6.45) is 2.36. The summed E-state index contributed by atoms with van der Waals surface area (Å²) in [5.41, 5.74) is 2.21. The highest BCUT2D eigenvalue weighted by Crippen LogP contribution is 2.36. The molecule has 6 heteroatoms. The van der Waals surface area contributed by atoms with E-state index in [1.165, 1.54) is 0 Å². The fourth-order valence-electron chi connectivity index (χ4n) is 3.68. The Bertz CT molecular complexity index is 960. The second-order valence-electron chi connectivity index (χ2n) is 7.11. The van der Waals surface area contributed by atoms with Crippen LogP contribution in [0.3, 0.4) is 0 Å². The van der Waals surface area contributed by atoms with Gasteiger partial charge in [-0.15, -0.1) is 0 Å². The smallest absolute Gasteiger partial charge is 0.224 e. The molecule has 0 aliphatic carbocycles. The lowest BCUT2D eigenvalue weighted by molar-refractivity contribution is -0.116. The van der Waals surface area contributed by atoms with Crippen molar-refractivity contribution in [2.75, 3.05) is 45.3 Å². The highest BCUT2D eigenvalue weighted by atomic mass is 16.5. The number of amides is 1. The van der Waals surface area contributed by atoms with Crippen molar-refractivity contribution in [3.8, 4) is 5.75 Å². The summed E-state index contributed by atoms with van der Waals surface area (Å²) in [6.45, 7) is 4.61. The standard InChI is InChI=1S/C22H26N2O4/c1-26-21-14-17-16-6-2-3-7-19(16)28-20(17)15-18(21)23-22(25)8-4-5-9-24-10-12-27-13-11-24/h2-3,6-7,14-15H,4-5,8-13H2,1H3,(H,23,25). The predicted molar refractivity (Wildman–Crippen MR) is 110 cm³/mol. The first-order chi connectivity index (χ1) is 13.7. The molecule has 1 N–H and O–H groups in total. The lowest BCUT2D eigenvalue weighted by Gasteiger charge is -2.26. The normalized spacial score (nSPS) is 15.2. The van der Waals surface area contributed by atoms with Crippen molar-refractivity contribution in [2.24, 2.45) is 0 Å². The summed E-state index contributed by atoms with van der Waals surface area (Å²) in [5, 5.41) is 5.00. The third-order valence-corrected chi connectivity index (χ3v) is 5.20. The zero-order valence-corrected chi connectivity index (χ0v) is 16.2. The quantitative estimate of drug-likeness (QED) is 0.625. The molecule has 28 heavy (non-hydrogen) atoms. The van der Waals surface area contributed by atoms with E-state index in [9.17, 15) is 4.79 Å². The number of methoxy groups -OCH3 is 1. The summed E-state index contributed by atoms with van der Waals surface area (Å²) in [6, 6.07) is 11.7. The Hall–Kier alpha value is -2.57. The number of fused-ring (bicyclic) bond motifs is 3. The van der Waals surface area contributed by atoms with Crippen LogP contribution in [-0.4, -0.2) is 50.8 Å². The number of hydrogen-bond donors (Lipinski definition) is 1. The van der Waals surface area contributed by atoms with E-state index in [1.54, 1.807) is 7.11 Å². The van der Waals surface area contributed by atoms with Crippen LogP contribution in [0.1, 0.15) is 19.3 Å². The highest BCUT2D eigenvalue weighted by molar-refractivity contribution is 6.07. The molecule has 0 unspecified atom stereocenters. The number of nitrogens with zero attached hydrogens (tertiary/aromatic N) is 1. The van der Waals surface area contributed by atoms with Gasteiger partial charge in [0.1, 0.15) is 16.9 Å².